The molecule has 0 aromatic rings. The monoisotopic (exact) mass is 202 g/mol. The maximum absolute atomic E-state index is 9.17. The van der Waals surface area contributed by atoms with Crippen LogP contribution in [0.1, 0.15) is 33.6 Å². The van der Waals surface area contributed by atoms with Gasteiger partial charge in [0.05, 0.1) is 32.0 Å². The first-order valence-corrected chi connectivity index (χ1v) is 5.52. The Bertz CT molecular complexity index is 158. The van der Waals surface area contributed by atoms with Crippen LogP contribution >= 0.6 is 0 Å². The third-order valence-corrected chi connectivity index (χ3v) is 3.08. The molecule has 2 unspecified atom stereocenters. The van der Waals surface area contributed by atoms with Crippen LogP contribution in [0.4, 0.5) is 0 Å². The van der Waals surface area contributed by atoms with Gasteiger partial charge in [0.2, 0.25) is 0 Å². The molecule has 1 rings (SSSR count). The molecule has 84 valence electrons. The van der Waals surface area contributed by atoms with E-state index in [9.17, 15) is 0 Å². The molecule has 1 aliphatic heterocycles. The summed E-state index contributed by atoms with van der Waals surface area (Å²) in [6.45, 7) is 8.10. The van der Waals surface area contributed by atoms with Gasteiger partial charge in [0.25, 0.3) is 0 Å². The van der Waals surface area contributed by atoms with Crippen LogP contribution in [0.25, 0.3) is 0 Å². The number of rotatable bonds is 6. The van der Waals surface area contributed by atoms with Gasteiger partial charge in [-0.3, -0.25) is 0 Å². The molecular weight excluding hydrogens is 180 g/mol. The summed E-state index contributed by atoms with van der Waals surface area (Å²) in [7, 11) is 0. The smallest absolute Gasteiger partial charge is 0.0745 e. The average Bonchev–Trinajstić information content (AvgIpc) is 2.09. The largest absolute Gasteiger partial charge is 0.391 e. The Morgan fingerprint density at radius 1 is 1.43 bits per heavy atom. The highest BCUT2D eigenvalue weighted by Gasteiger charge is 2.44. The molecule has 0 aromatic carbocycles. The predicted octanol–water partition coefficient (Wildman–Crippen LogP) is 1.59. The standard InChI is InChI=1S/C11H22O3/c1-4-10(14-6-9(3)12)11(5-2)7-13-8-11/h9-10,12H,4-8H2,1-3H3. The molecule has 0 aliphatic carbocycles. The minimum absolute atomic E-state index is 0.212. The number of aliphatic hydroxyl groups excluding tert-OH is 1. The van der Waals surface area contributed by atoms with E-state index in [0.717, 1.165) is 26.1 Å². The van der Waals surface area contributed by atoms with E-state index in [2.05, 4.69) is 13.8 Å². The van der Waals surface area contributed by atoms with Crippen LogP contribution in [-0.2, 0) is 9.47 Å². The van der Waals surface area contributed by atoms with Crippen LogP contribution in [-0.4, -0.2) is 37.1 Å². The lowest BCUT2D eigenvalue weighted by Gasteiger charge is -2.46. The molecule has 0 saturated carbocycles. The molecule has 3 heteroatoms. The molecule has 1 aliphatic rings. The summed E-state index contributed by atoms with van der Waals surface area (Å²) >= 11 is 0. The predicted molar refractivity (Wildman–Crippen MR) is 55.3 cm³/mol. The van der Waals surface area contributed by atoms with E-state index in [-0.39, 0.29) is 17.6 Å². The Kier molecular flexibility index (Phi) is 4.35. The lowest BCUT2D eigenvalue weighted by atomic mass is 9.76. The summed E-state index contributed by atoms with van der Waals surface area (Å²) in [4.78, 5) is 0. The molecule has 0 aromatic heterocycles. The van der Waals surface area contributed by atoms with Gasteiger partial charge < -0.3 is 14.6 Å². The molecular formula is C11H22O3. The Hall–Kier alpha value is -0.120. The molecule has 14 heavy (non-hydrogen) atoms. The van der Waals surface area contributed by atoms with Gasteiger partial charge in [-0.1, -0.05) is 13.8 Å². The highest BCUT2D eigenvalue weighted by molar-refractivity contribution is 4.91. The summed E-state index contributed by atoms with van der Waals surface area (Å²) < 4.78 is 11.0. The van der Waals surface area contributed by atoms with Crippen LogP contribution in [0.2, 0.25) is 0 Å². The van der Waals surface area contributed by atoms with Gasteiger partial charge in [-0.15, -0.1) is 0 Å². The Labute approximate surface area is 86.4 Å². The first-order valence-electron chi connectivity index (χ1n) is 5.52. The van der Waals surface area contributed by atoms with Crippen LogP contribution in [0.15, 0.2) is 0 Å². The van der Waals surface area contributed by atoms with Crippen molar-refractivity contribution in [2.24, 2.45) is 5.41 Å². The van der Waals surface area contributed by atoms with Gasteiger partial charge in [-0.25, -0.2) is 0 Å². The molecule has 1 fully saturated rings. The first kappa shape index (κ1) is 12.0. The van der Waals surface area contributed by atoms with Gasteiger partial charge in [-0.2, -0.15) is 0 Å². The van der Waals surface area contributed by atoms with Crippen molar-refractivity contribution in [3.63, 3.8) is 0 Å². The Balaban J connectivity index is 2.43. The van der Waals surface area contributed by atoms with Crippen LogP contribution < -0.4 is 0 Å². The van der Waals surface area contributed by atoms with Crippen molar-refractivity contribution in [2.75, 3.05) is 19.8 Å². The zero-order valence-corrected chi connectivity index (χ0v) is 9.45. The number of aliphatic hydroxyl groups is 1. The van der Waals surface area contributed by atoms with E-state index in [4.69, 9.17) is 14.6 Å². The quantitative estimate of drug-likeness (QED) is 0.711. The van der Waals surface area contributed by atoms with Crippen LogP contribution in [0.5, 0.6) is 0 Å². The average molecular weight is 202 g/mol. The molecule has 0 amide bonds. The van der Waals surface area contributed by atoms with Crippen LogP contribution in [0.3, 0.4) is 0 Å². The lowest BCUT2D eigenvalue weighted by Crippen LogP contribution is -2.52. The van der Waals surface area contributed by atoms with E-state index in [1.165, 1.54) is 0 Å². The maximum Gasteiger partial charge on any atom is 0.0745 e. The summed E-state index contributed by atoms with van der Waals surface area (Å²) in [5, 5.41) is 9.17. The van der Waals surface area contributed by atoms with Crippen molar-refractivity contribution < 1.29 is 14.6 Å². The fraction of sp³-hybridized carbons (Fsp3) is 1.00. The SMILES string of the molecule is CCC(OCC(C)O)C1(CC)COC1. The van der Waals surface area contributed by atoms with Crippen molar-refractivity contribution >= 4 is 0 Å². The number of ether oxygens (including phenoxy) is 2. The van der Waals surface area contributed by atoms with E-state index < -0.39 is 0 Å². The van der Waals surface area contributed by atoms with Gasteiger partial charge in [0.1, 0.15) is 0 Å². The van der Waals surface area contributed by atoms with Gasteiger partial charge in [0, 0.05) is 5.41 Å². The van der Waals surface area contributed by atoms with Crippen molar-refractivity contribution in [2.45, 2.75) is 45.8 Å². The lowest BCUT2D eigenvalue weighted by molar-refractivity contribution is -0.195. The number of hydrogen-bond acceptors (Lipinski definition) is 3. The Morgan fingerprint density at radius 3 is 2.36 bits per heavy atom. The first-order chi connectivity index (χ1) is 6.64. The fourth-order valence-electron chi connectivity index (χ4n) is 1.96. The molecule has 0 spiro atoms. The topological polar surface area (TPSA) is 38.7 Å². The molecule has 0 radical (unpaired) electrons. The fourth-order valence-corrected chi connectivity index (χ4v) is 1.96. The van der Waals surface area contributed by atoms with E-state index in [0.29, 0.717) is 6.61 Å². The second kappa shape index (κ2) is 5.10. The zero-order valence-electron chi connectivity index (χ0n) is 9.45. The molecule has 1 heterocycles. The summed E-state index contributed by atoms with van der Waals surface area (Å²) in [5.41, 5.74) is 0.212. The van der Waals surface area contributed by atoms with Gasteiger partial charge in [0.15, 0.2) is 0 Å². The van der Waals surface area contributed by atoms with E-state index >= 15 is 0 Å². The van der Waals surface area contributed by atoms with Crippen molar-refractivity contribution in [3.05, 3.63) is 0 Å². The van der Waals surface area contributed by atoms with E-state index in [1.54, 1.807) is 6.92 Å². The maximum atomic E-state index is 9.17. The minimum atomic E-state index is -0.376. The summed E-state index contributed by atoms with van der Waals surface area (Å²) in [6, 6.07) is 0. The van der Waals surface area contributed by atoms with Crippen molar-refractivity contribution in [1.82, 2.24) is 0 Å². The number of hydrogen-bond donors (Lipinski definition) is 1. The van der Waals surface area contributed by atoms with Crippen molar-refractivity contribution in [1.29, 1.82) is 0 Å². The molecule has 0 bridgehead atoms. The van der Waals surface area contributed by atoms with Crippen molar-refractivity contribution in [3.8, 4) is 0 Å². The highest BCUT2D eigenvalue weighted by atomic mass is 16.5. The molecule has 2 atom stereocenters. The van der Waals surface area contributed by atoms with E-state index in [1.807, 2.05) is 0 Å². The van der Waals surface area contributed by atoms with Crippen LogP contribution in [0, 0.1) is 5.41 Å². The Morgan fingerprint density at radius 2 is 2.07 bits per heavy atom. The van der Waals surface area contributed by atoms with Gasteiger partial charge >= 0.3 is 0 Å². The third-order valence-electron chi connectivity index (χ3n) is 3.08. The zero-order chi connectivity index (χ0) is 10.6. The second-order valence-electron chi connectivity index (χ2n) is 4.29. The second-order valence-corrected chi connectivity index (χ2v) is 4.29. The summed E-state index contributed by atoms with van der Waals surface area (Å²) in [5.74, 6) is 0. The summed E-state index contributed by atoms with van der Waals surface area (Å²) in [6.07, 6.45) is 1.93. The normalized spacial score (nSPS) is 24.0. The molecule has 1 saturated heterocycles. The third kappa shape index (κ3) is 2.47. The minimum Gasteiger partial charge on any atom is -0.391 e. The van der Waals surface area contributed by atoms with Gasteiger partial charge in [-0.05, 0) is 19.8 Å². The molecule has 3 nitrogen and oxygen atoms in total. The molecule has 1 N–H and O–H groups in total. The highest BCUT2D eigenvalue weighted by Crippen LogP contribution is 2.38.